The van der Waals surface area contributed by atoms with Gasteiger partial charge in [0.1, 0.15) is 5.76 Å². The van der Waals surface area contributed by atoms with E-state index in [0.717, 1.165) is 10.5 Å². The van der Waals surface area contributed by atoms with E-state index in [9.17, 15) is 9.90 Å². The second-order valence-corrected chi connectivity index (χ2v) is 4.19. The lowest BCUT2D eigenvalue weighted by atomic mass is 10.1. The maximum absolute atomic E-state index is 11.2. The van der Waals surface area contributed by atoms with Gasteiger partial charge in [-0.1, -0.05) is 18.2 Å². The molecule has 0 unspecified atom stereocenters. The van der Waals surface area contributed by atoms with Crippen LogP contribution in [0.4, 0.5) is 0 Å². The first-order valence-electron chi connectivity index (χ1n) is 4.35. The van der Waals surface area contributed by atoms with E-state index < -0.39 is 0 Å². The van der Waals surface area contributed by atoms with Crippen molar-refractivity contribution in [1.82, 2.24) is 0 Å². The van der Waals surface area contributed by atoms with E-state index in [2.05, 4.69) is 0 Å². The molecule has 1 aliphatic heterocycles. The Morgan fingerprint density at radius 3 is 2.86 bits per heavy atom. The summed E-state index contributed by atoms with van der Waals surface area (Å²) in [5.74, 6) is 0.661. The summed E-state index contributed by atoms with van der Waals surface area (Å²) in [7, 11) is 0. The molecule has 0 fully saturated rings. The van der Waals surface area contributed by atoms with Gasteiger partial charge in [0.25, 0.3) is 0 Å². The summed E-state index contributed by atoms with van der Waals surface area (Å²) in [6.45, 7) is 1.49. The third-order valence-corrected chi connectivity index (χ3v) is 3.33. The zero-order valence-corrected chi connectivity index (χ0v) is 8.60. The highest BCUT2D eigenvalue weighted by Crippen LogP contribution is 2.35. The number of rotatable bonds is 1. The van der Waals surface area contributed by atoms with Crippen LogP contribution in [0, 0.1) is 0 Å². The molecule has 0 spiro atoms. The Morgan fingerprint density at radius 1 is 1.43 bits per heavy atom. The lowest BCUT2D eigenvalue weighted by molar-refractivity contribution is -0.113. The first-order chi connectivity index (χ1) is 6.70. The van der Waals surface area contributed by atoms with Crippen molar-refractivity contribution in [3.8, 4) is 0 Å². The SMILES string of the molecule is CC(=O)C1=C(O)c2ccccc2SC1. The summed E-state index contributed by atoms with van der Waals surface area (Å²) in [4.78, 5) is 12.2. The Bertz CT molecular complexity index is 421. The van der Waals surface area contributed by atoms with Gasteiger partial charge in [0, 0.05) is 21.8 Å². The van der Waals surface area contributed by atoms with Crippen LogP contribution in [0.25, 0.3) is 5.76 Å². The van der Waals surface area contributed by atoms with Crippen LogP contribution in [0.15, 0.2) is 34.7 Å². The molecule has 0 amide bonds. The minimum atomic E-state index is -0.0514. The number of thioether (sulfide) groups is 1. The van der Waals surface area contributed by atoms with Crippen molar-refractivity contribution >= 4 is 23.3 Å². The van der Waals surface area contributed by atoms with Crippen molar-refractivity contribution < 1.29 is 9.90 Å². The Balaban J connectivity index is 2.56. The molecule has 0 bridgehead atoms. The van der Waals surface area contributed by atoms with Crippen molar-refractivity contribution in [2.45, 2.75) is 11.8 Å². The summed E-state index contributed by atoms with van der Waals surface area (Å²) in [5, 5.41) is 9.84. The molecule has 0 atom stereocenters. The maximum Gasteiger partial charge on any atom is 0.160 e. The normalized spacial score (nSPS) is 15.2. The Morgan fingerprint density at radius 2 is 2.14 bits per heavy atom. The number of aliphatic hydroxyl groups is 1. The second-order valence-electron chi connectivity index (χ2n) is 3.17. The van der Waals surface area contributed by atoms with Gasteiger partial charge >= 0.3 is 0 Å². The lowest BCUT2D eigenvalue weighted by Gasteiger charge is -2.17. The van der Waals surface area contributed by atoms with Gasteiger partial charge in [0.2, 0.25) is 0 Å². The molecule has 0 aliphatic carbocycles. The number of carbonyl (C=O) groups excluding carboxylic acids is 1. The molecule has 0 radical (unpaired) electrons. The van der Waals surface area contributed by atoms with Crippen molar-refractivity contribution in [3.63, 3.8) is 0 Å². The molecule has 0 aromatic heterocycles. The number of ketones is 1. The molecular formula is C11H10O2S. The summed E-state index contributed by atoms with van der Waals surface area (Å²) >= 11 is 1.59. The second kappa shape index (κ2) is 3.50. The van der Waals surface area contributed by atoms with Crippen molar-refractivity contribution in [2.24, 2.45) is 0 Å². The first kappa shape index (κ1) is 9.34. The number of benzene rings is 1. The van der Waals surface area contributed by atoms with Gasteiger partial charge in [0.05, 0.1) is 0 Å². The molecule has 1 aromatic rings. The van der Waals surface area contributed by atoms with Crippen LogP contribution in [0.2, 0.25) is 0 Å². The van der Waals surface area contributed by atoms with Crippen LogP contribution in [-0.4, -0.2) is 16.6 Å². The molecule has 0 saturated heterocycles. The van der Waals surface area contributed by atoms with E-state index in [1.54, 1.807) is 11.8 Å². The summed E-state index contributed by atoms with van der Waals surface area (Å²) < 4.78 is 0. The zero-order valence-electron chi connectivity index (χ0n) is 7.78. The van der Waals surface area contributed by atoms with Crippen LogP contribution < -0.4 is 0 Å². The minimum Gasteiger partial charge on any atom is -0.507 e. The standard InChI is InChI=1S/C11H10O2S/c1-7(12)9-6-14-10-5-3-2-4-8(10)11(9)13/h2-5,13H,6H2,1H3. The molecular weight excluding hydrogens is 196 g/mol. The third-order valence-electron chi connectivity index (χ3n) is 2.23. The minimum absolute atomic E-state index is 0.0514. The van der Waals surface area contributed by atoms with Gasteiger partial charge in [-0.05, 0) is 13.0 Å². The van der Waals surface area contributed by atoms with E-state index in [0.29, 0.717) is 11.3 Å². The van der Waals surface area contributed by atoms with Gasteiger partial charge in [-0.25, -0.2) is 0 Å². The highest BCUT2D eigenvalue weighted by molar-refractivity contribution is 7.99. The summed E-state index contributed by atoms with van der Waals surface area (Å²) in [6.07, 6.45) is 0. The predicted molar refractivity (Wildman–Crippen MR) is 57.4 cm³/mol. The first-order valence-corrected chi connectivity index (χ1v) is 5.34. The van der Waals surface area contributed by atoms with Crippen molar-refractivity contribution in [1.29, 1.82) is 0 Å². The van der Waals surface area contributed by atoms with E-state index in [1.807, 2.05) is 24.3 Å². The van der Waals surface area contributed by atoms with Gasteiger partial charge in [-0.15, -0.1) is 11.8 Å². The topological polar surface area (TPSA) is 37.3 Å². The van der Waals surface area contributed by atoms with Crippen LogP contribution in [0.3, 0.4) is 0 Å². The van der Waals surface area contributed by atoms with Crippen molar-refractivity contribution in [3.05, 3.63) is 35.4 Å². The molecule has 3 heteroatoms. The van der Waals surface area contributed by atoms with Crippen LogP contribution >= 0.6 is 11.8 Å². The van der Waals surface area contributed by atoms with Gasteiger partial charge in [-0.2, -0.15) is 0 Å². The molecule has 2 nitrogen and oxygen atoms in total. The number of aliphatic hydroxyl groups excluding tert-OH is 1. The molecule has 0 saturated carbocycles. The number of hydrogen-bond acceptors (Lipinski definition) is 3. The number of hydrogen-bond donors (Lipinski definition) is 1. The van der Waals surface area contributed by atoms with Gasteiger partial charge in [-0.3, -0.25) is 4.79 Å². The fraction of sp³-hybridized carbons (Fsp3) is 0.182. The lowest BCUT2D eigenvalue weighted by Crippen LogP contribution is -2.08. The Labute approximate surface area is 86.6 Å². The number of carbonyl (C=O) groups is 1. The monoisotopic (exact) mass is 206 g/mol. The van der Waals surface area contributed by atoms with E-state index in [4.69, 9.17) is 0 Å². The number of Topliss-reactive ketones (excluding diaryl/α,β-unsaturated/α-hetero) is 1. The largest absolute Gasteiger partial charge is 0.507 e. The maximum atomic E-state index is 11.2. The molecule has 72 valence electrons. The molecule has 14 heavy (non-hydrogen) atoms. The predicted octanol–water partition coefficient (Wildman–Crippen LogP) is 2.65. The summed E-state index contributed by atoms with van der Waals surface area (Å²) in [5.41, 5.74) is 1.29. The van der Waals surface area contributed by atoms with Crippen LogP contribution in [0.1, 0.15) is 12.5 Å². The quantitative estimate of drug-likeness (QED) is 0.767. The third kappa shape index (κ3) is 1.44. The van der Waals surface area contributed by atoms with E-state index in [1.165, 1.54) is 6.92 Å². The highest BCUT2D eigenvalue weighted by Gasteiger charge is 2.20. The molecule has 2 rings (SSSR count). The number of fused-ring (bicyclic) bond motifs is 1. The summed E-state index contributed by atoms with van der Waals surface area (Å²) in [6, 6.07) is 7.57. The average Bonchev–Trinajstić information content (AvgIpc) is 2.18. The highest BCUT2D eigenvalue weighted by atomic mass is 32.2. The van der Waals surface area contributed by atoms with Gasteiger partial charge in [0.15, 0.2) is 5.78 Å². The average molecular weight is 206 g/mol. The van der Waals surface area contributed by atoms with Crippen LogP contribution in [-0.2, 0) is 4.79 Å². The fourth-order valence-corrected chi connectivity index (χ4v) is 2.57. The smallest absolute Gasteiger partial charge is 0.160 e. The molecule has 1 aliphatic rings. The Hall–Kier alpha value is -1.22. The molecule has 1 N–H and O–H groups in total. The molecule has 1 aromatic carbocycles. The van der Waals surface area contributed by atoms with E-state index in [-0.39, 0.29) is 11.5 Å². The fourth-order valence-electron chi connectivity index (χ4n) is 1.44. The molecule has 1 heterocycles. The Kier molecular flexibility index (Phi) is 2.33. The zero-order chi connectivity index (χ0) is 10.1. The van der Waals surface area contributed by atoms with E-state index >= 15 is 0 Å². The van der Waals surface area contributed by atoms with Crippen molar-refractivity contribution in [2.75, 3.05) is 5.75 Å². The van der Waals surface area contributed by atoms with Crippen LogP contribution in [0.5, 0.6) is 0 Å². The van der Waals surface area contributed by atoms with Gasteiger partial charge < -0.3 is 5.11 Å².